The summed E-state index contributed by atoms with van der Waals surface area (Å²) in [6.07, 6.45) is 2.33. The predicted octanol–water partition coefficient (Wildman–Crippen LogP) is 4.10. The number of likely N-dealkylation sites (tertiary alicyclic amines) is 1. The first-order valence-electron chi connectivity index (χ1n) is 9.06. The molecule has 0 saturated carbocycles. The summed E-state index contributed by atoms with van der Waals surface area (Å²) in [5.41, 5.74) is 1.94. The van der Waals surface area contributed by atoms with E-state index in [4.69, 9.17) is 9.26 Å². The van der Waals surface area contributed by atoms with E-state index in [0.717, 1.165) is 42.2 Å². The van der Waals surface area contributed by atoms with E-state index in [-0.39, 0.29) is 11.9 Å². The molecular formula is C20H26N2O3. The summed E-state index contributed by atoms with van der Waals surface area (Å²) in [6.45, 7) is 7.55. The first kappa shape index (κ1) is 17.5. The highest BCUT2D eigenvalue weighted by Gasteiger charge is 2.32. The molecule has 1 aromatic heterocycles. The van der Waals surface area contributed by atoms with Crippen molar-refractivity contribution in [1.29, 1.82) is 0 Å². The van der Waals surface area contributed by atoms with Gasteiger partial charge in [0, 0.05) is 12.6 Å². The molecule has 1 aliphatic heterocycles. The Morgan fingerprint density at radius 2 is 2.12 bits per heavy atom. The average molecular weight is 342 g/mol. The van der Waals surface area contributed by atoms with Crippen molar-refractivity contribution in [3.63, 3.8) is 0 Å². The Morgan fingerprint density at radius 3 is 2.76 bits per heavy atom. The van der Waals surface area contributed by atoms with Crippen molar-refractivity contribution in [1.82, 2.24) is 10.1 Å². The first-order valence-corrected chi connectivity index (χ1v) is 9.06. The van der Waals surface area contributed by atoms with Gasteiger partial charge in [-0.2, -0.15) is 0 Å². The molecule has 5 nitrogen and oxygen atoms in total. The zero-order valence-corrected chi connectivity index (χ0v) is 15.2. The van der Waals surface area contributed by atoms with Crippen LogP contribution in [0.15, 0.2) is 34.9 Å². The van der Waals surface area contributed by atoms with Gasteiger partial charge in [-0.05, 0) is 43.4 Å². The maximum absolute atomic E-state index is 12.8. The molecule has 25 heavy (non-hydrogen) atoms. The molecule has 134 valence electrons. The molecule has 1 fully saturated rings. The van der Waals surface area contributed by atoms with Crippen LogP contribution < -0.4 is 4.74 Å². The van der Waals surface area contributed by atoms with Crippen LogP contribution >= 0.6 is 0 Å². The molecule has 1 aromatic carbocycles. The molecule has 0 N–H and O–H groups in total. The number of carbonyl (C=O) groups is 1. The second-order valence-corrected chi connectivity index (χ2v) is 6.81. The number of benzene rings is 1. The molecule has 0 spiro atoms. The zero-order chi connectivity index (χ0) is 17.8. The van der Waals surface area contributed by atoms with Crippen LogP contribution in [0.1, 0.15) is 62.6 Å². The summed E-state index contributed by atoms with van der Waals surface area (Å²) < 4.78 is 11.0. The van der Waals surface area contributed by atoms with E-state index in [1.54, 1.807) is 0 Å². The van der Waals surface area contributed by atoms with Crippen LogP contribution in [0.5, 0.6) is 5.75 Å². The van der Waals surface area contributed by atoms with Crippen LogP contribution in [0.3, 0.4) is 0 Å². The van der Waals surface area contributed by atoms with Crippen LogP contribution in [0, 0.1) is 0 Å². The Labute approximate surface area is 148 Å². The highest BCUT2D eigenvalue weighted by molar-refractivity contribution is 5.79. The predicted molar refractivity (Wildman–Crippen MR) is 95.6 cm³/mol. The molecule has 0 aliphatic carbocycles. The fraction of sp³-hybridized carbons (Fsp3) is 0.500. The van der Waals surface area contributed by atoms with E-state index in [1.165, 1.54) is 0 Å². The number of rotatable bonds is 6. The maximum Gasteiger partial charge on any atom is 0.227 e. The fourth-order valence-electron chi connectivity index (χ4n) is 3.24. The van der Waals surface area contributed by atoms with Gasteiger partial charge in [0.05, 0.1) is 24.8 Å². The van der Waals surface area contributed by atoms with Gasteiger partial charge in [-0.25, -0.2) is 0 Å². The summed E-state index contributed by atoms with van der Waals surface area (Å²) in [4.78, 5) is 14.7. The molecule has 1 amide bonds. The van der Waals surface area contributed by atoms with Gasteiger partial charge in [-0.1, -0.05) is 31.1 Å². The van der Waals surface area contributed by atoms with E-state index < -0.39 is 0 Å². The molecule has 2 aromatic rings. The standard InChI is InChI=1S/C20H26N2O3/c1-4-24-16-9-7-15(8-10-16)12-20(23)22-11-5-6-18(22)19-13-17(14(2)3)21-25-19/h7-10,13-14,18H,4-6,11-12H2,1-3H3/t18-/m0/s1. The van der Waals surface area contributed by atoms with Gasteiger partial charge >= 0.3 is 0 Å². The van der Waals surface area contributed by atoms with Crippen molar-refractivity contribution in [2.75, 3.05) is 13.2 Å². The number of nitrogens with zero attached hydrogens (tertiary/aromatic N) is 2. The van der Waals surface area contributed by atoms with Crippen LogP contribution in [-0.4, -0.2) is 29.1 Å². The zero-order valence-electron chi connectivity index (χ0n) is 15.2. The minimum absolute atomic E-state index is 0.00944. The molecule has 5 heteroatoms. The van der Waals surface area contributed by atoms with Gasteiger partial charge in [0.2, 0.25) is 5.91 Å². The minimum Gasteiger partial charge on any atom is -0.494 e. The van der Waals surface area contributed by atoms with Crippen LogP contribution in [-0.2, 0) is 11.2 Å². The molecule has 3 rings (SSSR count). The van der Waals surface area contributed by atoms with E-state index in [1.807, 2.05) is 42.2 Å². The summed E-state index contributed by atoms with van der Waals surface area (Å²) in [7, 11) is 0. The van der Waals surface area contributed by atoms with Crippen LogP contribution in [0.4, 0.5) is 0 Å². The fourth-order valence-corrected chi connectivity index (χ4v) is 3.24. The Balaban J connectivity index is 1.67. The van der Waals surface area contributed by atoms with Gasteiger partial charge in [0.1, 0.15) is 5.75 Å². The Kier molecular flexibility index (Phi) is 5.41. The highest BCUT2D eigenvalue weighted by atomic mass is 16.5. The SMILES string of the molecule is CCOc1ccc(CC(=O)N2CCC[C@H]2c2cc(C(C)C)no2)cc1. The third-order valence-electron chi connectivity index (χ3n) is 4.63. The minimum atomic E-state index is 0.00944. The number of aromatic nitrogens is 1. The molecule has 0 radical (unpaired) electrons. The van der Waals surface area contributed by atoms with Gasteiger partial charge in [0.15, 0.2) is 5.76 Å². The summed E-state index contributed by atoms with van der Waals surface area (Å²) in [5, 5.41) is 4.14. The second-order valence-electron chi connectivity index (χ2n) is 6.81. The van der Waals surface area contributed by atoms with Gasteiger partial charge in [-0.15, -0.1) is 0 Å². The lowest BCUT2D eigenvalue weighted by Gasteiger charge is -2.22. The summed E-state index contributed by atoms with van der Waals surface area (Å²) in [5.74, 6) is 2.10. The number of carbonyl (C=O) groups excluding carboxylic acids is 1. The number of ether oxygens (including phenoxy) is 1. The third kappa shape index (κ3) is 4.03. The topological polar surface area (TPSA) is 55.6 Å². The van der Waals surface area contributed by atoms with Gasteiger partial charge < -0.3 is 14.2 Å². The monoisotopic (exact) mass is 342 g/mol. The maximum atomic E-state index is 12.8. The molecule has 0 unspecified atom stereocenters. The Hall–Kier alpha value is -2.30. The molecule has 1 aliphatic rings. The third-order valence-corrected chi connectivity index (χ3v) is 4.63. The van der Waals surface area contributed by atoms with Crippen LogP contribution in [0.2, 0.25) is 0 Å². The quantitative estimate of drug-likeness (QED) is 0.793. The normalized spacial score (nSPS) is 17.3. The van der Waals surface area contributed by atoms with Crippen molar-refractivity contribution in [3.05, 3.63) is 47.3 Å². The van der Waals surface area contributed by atoms with E-state index in [0.29, 0.717) is 18.9 Å². The first-order chi connectivity index (χ1) is 12.1. The second kappa shape index (κ2) is 7.72. The lowest BCUT2D eigenvalue weighted by atomic mass is 10.1. The number of hydrogen-bond donors (Lipinski definition) is 0. The van der Waals surface area contributed by atoms with Crippen molar-refractivity contribution in [2.24, 2.45) is 0 Å². The molecule has 1 saturated heterocycles. The lowest BCUT2D eigenvalue weighted by Crippen LogP contribution is -2.31. The van der Waals surface area contributed by atoms with E-state index in [2.05, 4.69) is 19.0 Å². The molecule has 1 atom stereocenters. The van der Waals surface area contributed by atoms with Crippen molar-refractivity contribution in [2.45, 2.75) is 52.0 Å². The molecule has 0 bridgehead atoms. The average Bonchev–Trinajstić information content (AvgIpc) is 3.25. The number of amides is 1. The lowest BCUT2D eigenvalue weighted by molar-refractivity contribution is -0.131. The van der Waals surface area contributed by atoms with Gasteiger partial charge in [0.25, 0.3) is 0 Å². The highest BCUT2D eigenvalue weighted by Crippen LogP contribution is 2.33. The Bertz CT molecular complexity index is 706. The van der Waals surface area contributed by atoms with Crippen molar-refractivity contribution in [3.8, 4) is 5.75 Å². The van der Waals surface area contributed by atoms with Crippen molar-refractivity contribution < 1.29 is 14.1 Å². The van der Waals surface area contributed by atoms with Crippen molar-refractivity contribution >= 4 is 5.91 Å². The van der Waals surface area contributed by atoms with E-state index in [9.17, 15) is 4.79 Å². The molecule has 2 heterocycles. The molecular weight excluding hydrogens is 316 g/mol. The van der Waals surface area contributed by atoms with Gasteiger partial charge in [-0.3, -0.25) is 4.79 Å². The van der Waals surface area contributed by atoms with E-state index >= 15 is 0 Å². The smallest absolute Gasteiger partial charge is 0.227 e. The largest absolute Gasteiger partial charge is 0.494 e. The summed E-state index contributed by atoms with van der Waals surface area (Å²) >= 11 is 0. The Morgan fingerprint density at radius 1 is 1.36 bits per heavy atom. The summed E-state index contributed by atoms with van der Waals surface area (Å²) in [6, 6.07) is 9.75. The van der Waals surface area contributed by atoms with Crippen LogP contribution in [0.25, 0.3) is 0 Å². The number of hydrogen-bond acceptors (Lipinski definition) is 4.